The molecular weight excluding hydrogens is 242 g/mol. The molecule has 0 spiro atoms. The Kier molecular flexibility index (Phi) is 3.69. The van der Waals surface area contributed by atoms with Gasteiger partial charge in [-0.1, -0.05) is 25.3 Å². The monoisotopic (exact) mass is 263 g/mol. The van der Waals surface area contributed by atoms with E-state index in [0.717, 1.165) is 12.8 Å². The lowest BCUT2D eigenvalue weighted by molar-refractivity contribution is -0.128. The highest BCUT2D eigenvalue weighted by Crippen LogP contribution is 2.38. The molecule has 1 unspecified atom stereocenters. The minimum Gasteiger partial charge on any atom is -0.348 e. The summed E-state index contributed by atoms with van der Waals surface area (Å²) in [5.41, 5.74) is 0. The highest BCUT2D eigenvalue weighted by Gasteiger charge is 2.32. The summed E-state index contributed by atoms with van der Waals surface area (Å²) in [6.45, 7) is 0. The van der Waals surface area contributed by atoms with Crippen LogP contribution in [-0.4, -0.2) is 5.91 Å². The number of carbonyl (C=O) groups is 1. The van der Waals surface area contributed by atoms with Gasteiger partial charge in [0.05, 0.1) is 6.04 Å². The summed E-state index contributed by atoms with van der Waals surface area (Å²) in [5, 5.41) is 5.45. The van der Waals surface area contributed by atoms with E-state index in [9.17, 15) is 4.79 Å². The van der Waals surface area contributed by atoms with Crippen molar-refractivity contribution in [1.29, 1.82) is 0 Å². The van der Waals surface area contributed by atoms with Crippen LogP contribution in [0.5, 0.6) is 0 Å². The molecule has 1 aromatic rings. The van der Waals surface area contributed by atoms with E-state index in [0.29, 0.717) is 17.7 Å². The lowest BCUT2D eigenvalue weighted by atomic mass is 9.84. The fourth-order valence-corrected chi connectivity index (χ4v) is 3.99. The Morgan fingerprint density at radius 1 is 1.22 bits per heavy atom. The molecule has 2 saturated carbocycles. The smallest absolute Gasteiger partial charge is 0.223 e. The number of rotatable bonds is 4. The summed E-state index contributed by atoms with van der Waals surface area (Å²) >= 11 is 1.78. The first-order chi connectivity index (χ1) is 8.84. The molecule has 0 radical (unpaired) electrons. The van der Waals surface area contributed by atoms with E-state index < -0.39 is 0 Å². The summed E-state index contributed by atoms with van der Waals surface area (Å²) in [6, 6.07) is 4.55. The van der Waals surface area contributed by atoms with Gasteiger partial charge < -0.3 is 5.32 Å². The van der Waals surface area contributed by atoms with E-state index in [1.165, 1.54) is 37.0 Å². The van der Waals surface area contributed by atoms with Crippen LogP contribution in [0.15, 0.2) is 17.5 Å². The van der Waals surface area contributed by atoms with Gasteiger partial charge in [0.25, 0.3) is 0 Å². The van der Waals surface area contributed by atoms with Crippen molar-refractivity contribution in [3.63, 3.8) is 0 Å². The summed E-state index contributed by atoms with van der Waals surface area (Å²) < 4.78 is 0. The van der Waals surface area contributed by atoms with Gasteiger partial charge in [-0.25, -0.2) is 0 Å². The number of hydrogen-bond donors (Lipinski definition) is 1. The average molecular weight is 263 g/mol. The normalized spacial score (nSPS) is 22.7. The molecule has 1 heterocycles. The largest absolute Gasteiger partial charge is 0.348 e. The molecule has 18 heavy (non-hydrogen) atoms. The van der Waals surface area contributed by atoms with Crippen molar-refractivity contribution < 1.29 is 4.79 Å². The van der Waals surface area contributed by atoms with Gasteiger partial charge >= 0.3 is 0 Å². The quantitative estimate of drug-likeness (QED) is 0.877. The van der Waals surface area contributed by atoms with Gasteiger partial charge in [-0.3, -0.25) is 4.79 Å². The summed E-state index contributed by atoms with van der Waals surface area (Å²) in [4.78, 5) is 13.5. The van der Waals surface area contributed by atoms with E-state index >= 15 is 0 Å². The van der Waals surface area contributed by atoms with E-state index in [4.69, 9.17) is 0 Å². The van der Waals surface area contributed by atoms with E-state index in [2.05, 4.69) is 22.8 Å². The van der Waals surface area contributed by atoms with Crippen molar-refractivity contribution in [2.45, 2.75) is 51.0 Å². The van der Waals surface area contributed by atoms with Crippen molar-refractivity contribution in [2.75, 3.05) is 0 Å². The molecule has 1 amide bonds. The zero-order chi connectivity index (χ0) is 12.4. The van der Waals surface area contributed by atoms with Gasteiger partial charge in [0.2, 0.25) is 5.91 Å². The lowest BCUT2D eigenvalue weighted by Crippen LogP contribution is -2.39. The van der Waals surface area contributed by atoms with Crippen LogP contribution in [-0.2, 0) is 4.79 Å². The van der Waals surface area contributed by atoms with Crippen molar-refractivity contribution >= 4 is 17.2 Å². The predicted molar refractivity (Wildman–Crippen MR) is 74.5 cm³/mol. The van der Waals surface area contributed by atoms with Gasteiger partial charge in [0.15, 0.2) is 0 Å². The number of hydrogen-bond acceptors (Lipinski definition) is 2. The number of thiophene rings is 1. The summed E-state index contributed by atoms with van der Waals surface area (Å²) in [7, 11) is 0. The van der Waals surface area contributed by atoms with Crippen LogP contribution >= 0.6 is 11.3 Å². The van der Waals surface area contributed by atoms with Crippen LogP contribution in [0.25, 0.3) is 0 Å². The molecule has 0 aromatic carbocycles. The molecular formula is C15H21NOS. The third-order valence-corrected chi connectivity index (χ3v) is 5.45. The molecule has 1 atom stereocenters. The second-order valence-electron chi connectivity index (χ2n) is 5.67. The molecule has 98 valence electrons. The van der Waals surface area contributed by atoms with Crippen LogP contribution < -0.4 is 5.32 Å². The second-order valence-corrected chi connectivity index (χ2v) is 6.65. The van der Waals surface area contributed by atoms with Crippen LogP contribution in [0, 0.1) is 11.8 Å². The maximum atomic E-state index is 12.2. The highest BCUT2D eigenvalue weighted by molar-refractivity contribution is 7.10. The predicted octanol–water partition coefficient (Wildman–Crippen LogP) is 3.90. The van der Waals surface area contributed by atoms with E-state index in [1.807, 2.05) is 0 Å². The second kappa shape index (κ2) is 5.43. The number of carbonyl (C=O) groups excluding carboxylic acids is 1. The fraction of sp³-hybridized carbons (Fsp3) is 0.667. The molecule has 0 saturated heterocycles. The number of nitrogens with one attached hydrogen (secondary N) is 1. The van der Waals surface area contributed by atoms with E-state index in [-0.39, 0.29) is 6.04 Å². The molecule has 2 fully saturated rings. The number of amides is 1. The van der Waals surface area contributed by atoms with Gasteiger partial charge in [0.1, 0.15) is 0 Å². The maximum Gasteiger partial charge on any atom is 0.223 e. The van der Waals surface area contributed by atoms with Crippen molar-refractivity contribution in [3.8, 4) is 0 Å². The third kappa shape index (κ3) is 2.46. The standard InChI is InChI=1S/C15H21NOS/c17-15(12-7-3-8-12)16-14(11-5-1-2-6-11)13-9-4-10-18-13/h4,9-12,14H,1-3,5-8H2,(H,16,17). The van der Waals surface area contributed by atoms with Gasteiger partial charge in [-0.15, -0.1) is 11.3 Å². The first kappa shape index (κ1) is 12.2. The molecule has 1 aromatic heterocycles. The Morgan fingerprint density at radius 2 is 2.00 bits per heavy atom. The molecule has 2 nitrogen and oxygen atoms in total. The van der Waals surface area contributed by atoms with Crippen molar-refractivity contribution in [1.82, 2.24) is 5.32 Å². The third-order valence-electron chi connectivity index (χ3n) is 4.49. The van der Waals surface area contributed by atoms with Gasteiger partial charge in [0, 0.05) is 10.8 Å². The first-order valence-electron chi connectivity index (χ1n) is 7.18. The topological polar surface area (TPSA) is 29.1 Å². The molecule has 1 N–H and O–H groups in total. The van der Waals surface area contributed by atoms with Gasteiger partial charge in [-0.05, 0) is 43.0 Å². The fourth-order valence-electron chi connectivity index (χ4n) is 3.12. The van der Waals surface area contributed by atoms with Crippen LogP contribution in [0.4, 0.5) is 0 Å². The molecule has 2 aliphatic carbocycles. The van der Waals surface area contributed by atoms with Crippen molar-refractivity contribution in [3.05, 3.63) is 22.4 Å². The van der Waals surface area contributed by atoms with E-state index in [1.54, 1.807) is 11.3 Å². The highest BCUT2D eigenvalue weighted by atomic mass is 32.1. The maximum absolute atomic E-state index is 12.2. The van der Waals surface area contributed by atoms with Crippen LogP contribution in [0.3, 0.4) is 0 Å². The average Bonchev–Trinajstić information content (AvgIpc) is 2.97. The Bertz CT molecular complexity index is 391. The summed E-state index contributed by atoms with van der Waals surface area (Å²) in [6.07, 6.45) is 8.60. The minimum absolute atomic E-state index is 0.278. The van der Waals surface area contributed by atoms with Gasteiger partial charge in [-0.2, -0.15) is 0 Å². The van der Waals surface area contributed by atoms with Crippen LogP contribution in [0.1, 0.15) is 55.9 Å². The first-order valence-corrected chi connectivity index (χ1v) is 8.06. The molecule has 0 aliphatic heterocycles. The Morgan fingerprint density at radius 3 is 2.56 bits per heavy atom. The molecule has 3 heteroatoms. The molecule has 0 bridgehead atoms. The SMILES string of the molecule is O=C(NC(c1cccs1)C1CCCC1)C1CCC1. The molecule has 3 rings (SSSR count). The Hall–Kier alpha value is -0.830. The van der Waals surface area contributed by atoms with Crippen molar-refractivity contribution in [2.24, 2.45) is 11.8 Å². The Balaban J connectivity index is 1.70. The van der Waals surface area contributed by atoms with Crippen LogP contribution in [0.2, 0.25) is 0 Å². The zero-order valence-electron chi connectivity index (χ0n) is 10.7. The lowest BCUT2D eigenvalue weighted by Gasteiger charge is -2.29. The zero-order valence-corrected chi connectivity index (χ0v) is 11.5. The molecule has 2 aliphatic rings. The summed E-state index contributed by atoms with van der Waals surface area (Å²) in [5.74, 6) is 1.26. The minimum atomic E-state index is 0.278. The Labute approximate surface area is 113 Å².